The largest absolute Gasteiger partial charge is 0.377 e. The Labute approximate surface area is 212 Å². The van der Waals surface area contributed by atoms with Gasteiger partial charge < -0.3 is 4.74 Å². The highest BCUT2D eigenvalue weighted by Crippen LogP contribution is 2.47. The summed E-state index contributed by atoms with van der Waals surface area (Å²) in [6, 6.07) is 6.08. The second-order valence-electron chi connectivity index (χ2n) is 9.54. The Bertz CT molecular complexity index is 1430. The minimum absolute atomic E-state index is 0.0630. The van der Waals surface area contributed by atoms with Gasteiger partial charge in [0.15, 0.2) is 5.01 Å². The molecule has 0 spiro atoms. The number of fused-ring (bicyclic) bond motifs is 2. The molecule has 11 heteroatoms. The molecule has 0 unspecified atom stereocenters. The van der Waals surface area contributed by atoms with Gasteiger partial charge in [0.1, 0.15) is 5.82 Å². The van der Waals surface area contributed by atoms with Crippen LogP contribution >= 0.6 is 11.3 Å². The summed E-state index contributed by atoms with van der Waals surface area (Å²) in [4.78, 5) is 18.2. The van der Waals surface area contributed by atoms with Crippen LogP contribution in [-0.2, 0) is 21.2 Å². The number of ether oxygens (including phenoxy) is 1. The standard InChI is InChI=1S/C25H25FN4O4S2/c26-19-3-5-20(6-4-19)30-22-12-18-7-9-29(36(32,33)15-21-2-1-10-34-21)16-25(18,13-17(22)14-28-30)23(31)24-27-8-11-35-24/h3-6,8,11-12,14,21H,1-2,7,9-10,13,15-16H2/t21-,25-/m0/s1. The van der Waals surface area contributed by atoms with E-state index in [9.17, 15) is 17.6 Å². The number of benzene rings is 1. The maximum atomic E-state index is 14.0. The monoisotopic (exact) mass is 528 g/mol. The van der Waals surface area contributed by atoms with Gasteiger partial charge in [-0.2, -0.15) is 5.10 Å². The smallest absolute Gasteiger partial charge is 0.216 e. The predicted molar refractivity (Wildman–Crippen MR) is 133 cm³/mol. The third-order valence-corrected chi connectivity index (χ3v) is 9.99. The second-order valence-corrected chi connectivity index (χ2v) is 12.4. The molecule has 4 heterocycles. The zero-order valence-corrected chi connectivity index (χ0v) is 21.1. The van der Waals surface area contributed by atoms with Crippen LogP contribution in [0.15, 0.2) is 47.6 Å². The summed E-state index contributed by atoms with van der Waals surface area (Å²) >= 11 is 1.26. The topological polar surface area (TPSA) is 94.4 Å². The Morgan fingerprint density at radius 2 is 2.11 bits per heavy atom. The van der Waals surface area contributed by atoms with Crippen molar-refractivity contribution in [2.24, 2.45) is 5.41 Å². The quantitative estimate of drug-likeness (QED) is 0.455. The van der Waals surface area contributed by atoms with Gasteiger partial charge in [-0.25, -0.2) is 26.8 Å². The molecule has 8 nitrogen and oxygen atoms in total. The predicted octanol–water partition coefficient (Wildman–Crippen LogP) is 3.49. The summed E-state index contributed by atoms with van der Waals surface area (Å²) in [6.07, 6.45) is 7.30. The van der Waals surface area contributed by atoms with Crippen molar-refractivity contribution in [3.8, 4) is 5.69 Å². The highest BCUT2D eigenvalue weighted by atomic mass is 32.2. The van der Waals surface area contributed by atoms with E-state index in [1.54, 1.807) is 34.6 Å². The number of carbonyl (C=O) groups excluding carboxylic acids is 1. The van der Waals surface area contributed by atoms with Crippen molar-refractivity contribution in [3.63, 3.8) is 0 Å². The van der Waals surface area contributed by atoms with Gasteiger partial charge in [-0.3, -0.25) is 4.79 Å². The Kier molecular flexibility index (Phi) is 5.90. The molecular formula is C25H25FN4O4S2. The van der Waals surface area contributed by atoms with Gasteiger partial charge in [0.25, 0.3) is 0 Å². The molecule has 0 saturated carbocycles. The normalized spacial score (nSPS) is 24.2. The van der Waals surface area contributed by atoms with Crippen LogP contribution in [0.25, 0.3) is 11.8 Å². The summed E-state index contributed by atoms with van der Waals surface area (Å²) in [5, 5.41) is 6.64. The van der Waals surface area contributed by atoms with Crippen LogP contribution in [0.4, 0.5) is 4.39 Å². The van der Waals surface area contributed by atoms with Crippen molar-refractivity contribution < 1.29 is 22.3 Å². The molecule has 2 atom stereocenters. The number of nitrogens with zero attached hydrogens (tertiary/aromatic N) is 4. The number of hydrogen-bond acceptors (Lipinski definition) is 7. The first-order chi connectivity index (χ1) is 17.4. The lowest BCUT2D eigenvalue weighted by Gasteiger charge is -2.44. The maximum Gasteiger partial charge on any atom is 0.216 e. The van der Waals surface area contributed by atoms with E-state index in [1.807, 2.05) is 6.08 Å². The van der Waals surface area contributed by atoms with Gasteiger partial charge in [-0.15, -0.1) is 11.3 Å². The van der Waals surface area contributed by atoms with Crippen LogP contribution in [0.3, 0.4) is 0 Å². The first-order valence-corrected chi connectivity index (χ1v) is 14.4. The summed E-state index contributed by atoms with van der Waals surface area (Å²) in [6.45, 7) is 0.946. The van der Waals surface area contributed by atoms with Gasteiger partial charge in [0.05, 0.1) is 34.8 Å². The van der Waals surface area contributed by atoms with E-state index in [1.165, 1.54) is 27.8 Å². The Balaban J connectivity index is 1.39. The molecule has 0 radical (unpaired) electrons. The molecule has 3 aliphatic rings. The Morgan fingerprint density at radius 3 is 2.83 bits per heavy atom. The SMILES string of the molecule is O=C(c1nccs1)[C@]12Cc3cnn(-c4ccc(F)cc4)c3C=C1CCN(S(=O)(=O)C[C@@H]1CCCO1)C2. The van der Waals surface area contributed by atoms with Crippen molar-refractivity contribution >= 4 is 33.2 Å². The van der Waals surface area contributed by atoms with E-state index < -0.39 is 15.4 Å². The van der Waals surface area contributed by atoms with Crippen molar-refractivity contribution in [3.05, 3.63) is 69.7 Å². The number of rotatable bonds is 6. The van der Waals surface area contributed by atoms with Crippen LogP contribution in [0, 0.1) is 11.2 Å². The third-order valence-electron chi connectivity index (χ3n) is 7.33. The Hall–Kier alpha value is -2.73. The molecule has 3 aromatic rings. The molecule has 0 N–H and O–H groups in total. The molecule has 1 aliphatic carbocycles. The molecule has 6 rings (SSSR count). The molecule has 0 amide bonds. The highest BCUT2D eigenvalue weighted by Gasteiger charge is 2.51. The molecule has 2 aromatic heterocycles. The fourth-order valence-corrected chi connectivity index (χ4v) is 7.90. The van der Waals surface area contributed by atoms with E-state index in [0.717, 1.165) is 29.7 Å². The molecule has 2 aliphatic heterocycles. The lowest BCUT2D eigenvalue weighted by molar-refractivity contribution is 0.0773. The number of Topliss-reactive ketones (excluding diaryl/α,β-unsaturated/α-hetero) is 1. The lowest BCUT2D eigenvalue weighted by atomic mass is 9.66. The van der Waals surface area contributed by atoms with Gasteiger partial charge in [-0.05, 0) is 61.6 Å². The lowest BCUT2D eigenvalue weighted by Crippen LogP contribution is -2.54. The minimum atomic E-state index is -3.62. The number of carbonyl (C=O) groups is 1. The number of halogens is 1. The first-order valence-electron chi connectivity index (χ1n) is 11.9. The van der Waals surface area contributed by atoms with Crippen molar-refractivity contribution in [1.29, 1.82) is 0 Å². The fraction of sp³-hybridized carbons (Fsp3) is 0.400. The highest BCUT2D eigenvalue weighted by molar-refractivity contribution is 7.89. The van der Waals surface area contributed by atoms with Crippen molar-refractivity contribution in [2.75, 3.05) is 25.4 Å². The number of thiazole rings is 1. The van der Waals surface area contributed by atoms with Crippen LogP contribution in [-0.4, -0.2) is 64.8 Å². The molecule has 36 heavy (non-hydrogen) atoms. The summed E-state index contributed by atoms with van der Waals surface area (Å²) in [5.41, 5.74) is 2.21. The third kappa shape index (κ3) is 4.03. The van der Waals surface area contributed by atoms with Gasteiger partial charge in [-0.1, -0.05) is 5.57 Å². The first kappa shape index (κ1) is 23.7. The molecule has 2 fully saturated rings. The number of ketones is 1. The zero-order valence-electron chi connectivity index (χ0n) is 19.5. The average Bonchev–Trinajstić information content (AvgIpc) is 3.64. The van der Waals surface area contributed by atoms with E-state index in [2.05, 4.69) is 10.1 Å². The Morgan fingerprint density at radius 1 is 1.28 bits per heavy atom. The fourth-order valence-electron chi connectivity index (χ4n) is 5.50. The molecule has 0 bridgehead atoms. The second kappa shape index (κ2) is 8.98. The van der Waals surface area contributed by atoms with Crippen LogP contribution in [0.1, 0.15) is 40.3 Å². The maximum absolute atomic E-state index is 14.0. The van der Waals surface area contributed by atoms with E-state index in [4.69, 9.17) is 4.74 Å². The summed E-state index contributed by atoms with van der Waals surface area (Å²) < 4.78 is 49.0. The average molecular weight is 529 g/mol. The van der Waals surface area contributed by atoms with Crippen LogP contribution in [0.5, 0.6) is 0 Å². The van der Waals surface area contributed by atoms with Gasteiger partial charge in [0.2, 0.25) is 15.8 Å². The van der Waals surface area contributed by atoms with E-state index in [-0.39, 0.29) is 30.0 Å². The van der Waals surface area contributed by atoms with E-state index in [0.29, 0.717) is 36.7 Å². The van der Waals surface area contributed by atoms with Crippen LogP contribution < -0.4 is 0 Å². The molecular weight excluding hydrogens is 503 g/mol. The summed E-state index contributed by atoms with van der Waals surface area (Å²) in [7, 11) is -3.62. The number of aromatic nitrogens is 3. The minimum Gasteiger partial charge on any atom is -0.377 e. The van der Waals surface area contributed by atoms with Gasteiger partial charge >= 0.3 is 0 Å². The summed E-state index contributed by atoms with van der Waals surface area (Å²) in [5.74, 6) is -0.565. The zero-order chi connectivity index (χ0) is 24.9. The van der Waals surface area contributed by atoms with Crippen molar-refractivity contribution in [1.82, 2.24) is 19.1 Å². The number of hydrogen-bond donors (Lipinski definition) is 0. The molecule has 1 aromatic carbocycles. The number of piperidine rings is 1. The van der Waals surface area contributed by atoms with Crippen molar-refractivity contribution in [2.45, 2.75) is 31.8 Å². The number of sulfonamides is 1. The molecule has 2 saturated heterocycles. The van der Waals surface area contributed by atoms with Crippen LogP contribution in [0.2, 0.25) is 0 Å². The van der Waals surface area contributed by atoms with E-state index >= 15 is 0 Å². The molecule has 188 valence electrons. The van der Waals surface area contributed by atoms with Gasteiger partial charge in [0, 0.05) is 31.3 Å².